The summed E-state index contributed by atoms with van der Waals surface area (Å²) in [6, 6.07) is 75.7. The third kappa shape index (κ3) is 5.25. The fraction of sp³-hybridized carbons (Fsp3) is 0.0545. The molecule has 0 atom stereocenters. The van der Waals surface area contributed by atoms with Gasteiger partial charge in [0.25, 0.3) is 0 Å². The number of aromatic nitrogens is 1. The number of nitrogens with zero attached hydrogens (tertiary/aromatic N) is 2. The number of hydrogen-bond donors (Lipinski definition) is 0. The fourth-order valence-corrected chi connectivity index (χ4v) is 9.71. The summed E-state index contributed by atoms with van der Waals surface area (Å²) in [5.41, 5.74) is 17.2. The molecule has 0 bridgehead atoms. The fourth-order valence-electron chi connectivity index (χ4n) is 9.71. The van der Waals surface area contributed by atoms with Crippen molar-refractivity contribution in [2.75, 3.05) is 4.90 Å². The normalized spacial score (nSPS) is 14.2. The zero-order valence-electron chi connectivity index (χ0n) is 31.6. The van der Waals surface area contributed by atoms with E-state index in [2.05, 4.69) is 228 Å². The molecule has 0 saturated carbocycles. The Morgan fingerprint density at radius 2 is 1.04 bits per heavy atom. The van der Waals surface area contributed by atoms with Gasteiger partial charge in [-0.25, -0.2) is 0 Å². The van der Waals surface area contributed by atoms with Crippen LogP contribution in [-0.2, 0) is 5.41 Å². The Kier molecular flexibility index (Phi) is 7.89. The first-order valence-corrected chi connectivity index (χ1v) is 20.0. The van der Waals surface area contributed by atoms with Crippen LogP contribution >= 0.6 is 0 Å². The average molecular weight is 729 g/mol. The molecule has 1 heterocycles. The molecule has 11 rings (SSSR count). The van der Waals surface area contributed by atoms with Crippen LogP contribution in [0.2, 0.25) is 0 Å². The van der Waals surface area contributed by atoms with Crippen LogP contribution in [0.3, 0.4) is 0 Å². The van der Waals surface area contributed by atoms with E-state index in [9.17, 15) is 0 Å². The monoisotopic (exact) mass is 728 g/mol. The van der Waals surface area contributed by atoms with E-state index in [4.69, 9.17) is 0 Å². The molecule has 2 heteroatoms. The van der Waals surface area contributed by atoms with Crippen molar-refractivity contribution in [3.63, 3.8) is 0 Å². The maximum atomic E-state index is 2.48. The van der Waals surface area contributed by atoms with Crippen molar-refractivity contribution in [1.29, 1.82) is 0 Å². The molecule has 2 aliphatic carbocycles. The molecule has 0 radical (unpaired) electrons. The van der Waals surface area contributed by atoms with Gasteiger partial charge < -0.3 is 9.47 Å². The van der Waals surface area contributed by atoms with Crippen LogP contribution in [-0.4, -0.2) is 4.57 Å². The van der Waals surface area contributed by atoms with Crippen molar-refractivity contribution in [2.45, 2.75) is 18.3 Å². The zero-order chi connectivity index (χ0) is 37.8. The Balaban J connectivity index is 1.05. The summed E-state index contributed by atoms with van der Waals surface area (Å²) in [5.74, 6) is 0. The minimum atomic E-state index is -0.455. The molecule has 57 heavy (non-hydrogen) atoms. The summed E-state index contributed by atoms with van der Waals surface area (Å²) in [6.07, 6.45) is 6.58. The highest BCUT2D eigenvalue weighted by Crippen LogP contribution is 2.57. The first-order chi connectivity index (χ1) is 28.3. The summed E-state index contributed by atoms with van der Waals surface area (Å²) in [6.45, 7) is 0. The second-order valence-corrected chi connectivity index (χ2v) is 15.2. The van der Waals surface area contributed by atoms with Crippen LogP contribution in [0.1, 0.15) is 40.7 Å². The van der Waals surface area contributed by atoms with Gasteiger partial charge in [0.2, 0.25) is 0 Å². The number of hydrogen-bond acceptors (Lipinski definition) is 1. The summed E-state index contributed by atoms with van der Waals surface area (Å²) in [7, 11) is 0. The van der Waals surface area contributed by atoms with Crippen LogP contribution < -0.4 is 4.90 Å². The molecule has 2 aliphatic rings. The minimum Gasteiger partial charge on any atom is -0.314 e. The number of benzene rings is 8. The Bertz CT molecular complexity index is 2950. The van der Waals surface area contributed by atoms with Crippen LogP contribution in [0.5, 0.6) is 0 Å². The van der Waals surface area contributed by atoms with Gasteiger partial charge in [-0.15, -0.1) is 0 Å². The van der Waals surface area contributed by atoms with Gasteiger partial charge in [-0.05, 0) is 118 Å². The smallest absolute Gasteiger partial charge is 0.0714 e. The number of para-hydroxylation sites is 3. The highest BCUT2D eigenvalue weighted by molar-refractivity contribution is 6.10. The van der Waals surface area contributed by atoms with E-state index in [1.54, 1.807) is 0 Å². The second-order valence-electron chi connectivity index (χ2n) is 15.2. The summed E-state index contributed by atoms with van der Waals surface area (Å²) in [4.78, 5) is 2.48. The molecule has 0 aliphatic heterocycles. The lowest BCUT2D eigenvalue weighted by Gasteiger charge is -2.35. The first kappa shape index (κ1) is 33.2. The van der Waals surface area contributed by atoms with Crippen molar-refractivity contribution in [3.05, 3.63) is 252 Å². The predicted octanol–water partition coefficient (Wildman–Crippen LogP) is 14.0. The SMILES string of the molecule is C1=C(c2ccc3c(c2)c2ccccc2n3-c2ccccc2)CCC(N(c2ccccc2)c2ccc3c(c2)C(c2ccccc2)(c2ccccc2)c2ccccc2-3)=C1. The molecular weight excluding hydrogens is 689 g/mol. The number of rotatable bonds is 7. The third-order valence-electron chi connectivity index (χ3n) is 12.2. The highest BCUT2D eigenvalue weighted by atomic mass is 15.1. The topological polar surface area (TPSA) is 8.17 Å². The van der Waals surface area contributed by atoms with Crippen molar-refractivity contribution < 1.29 is 0 Å². The van der Waals surface area contributed by atoms with E-state index in [1.165, 1.54) is 83.4 Å². The minimum absolute atomic E-state index is 0.455. The summed E-state index contributed by atoms with van der Waals surface area (Å²) in [5, 5.41) is 2.56. The Morgan fingerprint density at radius 1 is 0.421 bits per heavy atom. The summed E-state index contributed by atoms with van der Waals surface area (Å²) >= 11 is 0. The van der Waals surface area contributed by atoms with Gasteiger partial charge in [-0.3, -0.25) is 0 Å². The Morgan fingerprint density at radius 3 is 1.75 bits per heavy atom. The molecule has 0 unspecified atom stereocenters. The lowest BCUT2D eigenvalue weighted by molar-refractivity contribution is 0.768. The largest absolute Gasteiger partial charge is 0.314 e. The quantitative estimate of drug-likeness (QED) is 0.159. The lowest BCUT2D eigenvalue weighted by atomic mass is 9.67. The van der Waals surface area contributed by atoms with E-state index in [1.807, 2.05) is 0 Å². The third-order valence-corrected chi connectivity index (χ3v) is 12.2. The molecule has 0 fully saturated rings. The predicted molar refractivity (Wildman–Crippen MR) is 238 cm³/mol. The second kappa shape index (κ2) is 13.5. The van der Waals surface area contributed by atoms with Crippen molar-refractivity contribution in [2.24, 2.45) is 0 Å². The first-order valence-electron chi connectivity index (χ1n) is 20.0. The zero-order valence-corrected chi connectivity index (χ0v) is 31.6. The molecule has 0 saturated heterocycles. The number of fused-ring (bicyclic) bond motifs is 6. The standard InChI is InChI=1S/C55H40N2/c1-5-17-41(18-6-1)55(42-19-7-2-8-20-42)51-27-15-13-25-47(51)48-35-34-46(38-52(48)55)56(43-21-9-3-10-22-43)45-32-29-39(30-33-45)40-31-36-54-50(37-40)49-26-14-16-28-53(49)57(54)44-23-11-4-12-24-44/h1-29,31-32,34-38H,30,33H2. The molecule has 8 aromatic carbocycles. The molecule has 0 N–H and O–H groups in total. The molecule has 0 spiro atoms. The van der Waals surface area contributed by atoms with Gasteiger partial charge in [-0.1, -0.05) is 158 Å². The van der Waals surface area contributed by atoms with Gasteiger partial charge >= 0.3 is 0 Å². The van der Waals surface area contributed by atoms with E-state index in [0.29, 0.717) is 0 Å². The van der Waals surface area contributed by atoms with Crippen LogP contribution in [0, 0.1) is 0 Å². The van der Waals surface area contributed by atoms with E-state index >= 15 is 0 Å². The number of allylic oxidation sites excluding steroid dienone is 4. The van der Waals surface area contributed by atoms with Gasteiger partial charge in [0.1, 0.15) is 0 Å². The maximum absolute atomic E-state index is 2.48. The molecule has 9 aromatic rings. The highest BCUT2D eigenvalue weighted by Gasteiger charge is 2.46. The molecule has 270 valence electrons. The van der Waals surface area contributed by atoms with E-state index < -0.39 is 5.41 Å². The lowest BCUT2D eigenvalue weighted by Crippen LogP contribution is -2.29. The Hall–Kier alpha value is -7.16. The molecule has 0 amide bonds. The molecule has 1 aromatic heterocycles. The molecule has 2 nitrogen and oxygen atoms in total. The average Bonchev–Trinajstić information content (AvgIpc) is 3.78. The van der Waals surface area contributed by atoms with Crippen molar-refractivity contribution in [1.82, 2.24) is 4.57 Å². The van der Waals surface area contributed by atoms with Gasteiger partial charge in [0.15, 0.2) is 0 Å². The number of anilines is 2. The Labute approximate surface area is 333 Å². The van der Waals surface area contributed by atoms with Crippen LogP contribution in [0.4, 0.5) is 11.4 Å². The molecular formula is C55H40N2. The van der Waals surface area contributed by atoms with Gasteiger partial charge in [0.05, 0.1) is 16.4 Å². The maximum Gasteiger partial charge on any atom is 0.0714 e. The van der Waals surface area contributed by atoms with Crippen molar-refractivity contribution in [3.8, 4) is 16.8 Å². The van der Waals surface area contributed by atoms with Crippen LogP contribution in [0.15, 0.2) is 224 Å². The van der Waals surface area contributed by atoms with Gasteiger partial charge in [-0.2, -0.15) is 0 Å². The van der Waals surface area contributed by atoms with E-state index in [-0.39, 0.29) is 0 Å². The van der Waals surface area contributed by atoms with Crippen LogP contribution in [0.25, 0.3) is 44.2 Å². The van der Waals surface area contributed by atoms with Gasteiger partial charge in [0, 0.05) is 33.5 Å². The summed E-state index contributed by atoms with van der Waals surface area (Å²) < 4.78 is 2.39. The van der Waals surface area contributed by atoms with E-state index in [0.717, 1.165) is 18.5 Å². The van der Waals surface area contributed by atoms with Crippen molar-refractivity contribution >= 4 is 38.8 Å².